The number of anilines is 1. The zero-order valence-electron chi connectivity index (χ0n) is 16.4. The molecule has 2 aromatic carbocycles. The minimum atomic E-state index is -0.360. The molecule has 150 valence electrons. The maximum Gasteiger partial charge on any atom is 0.321 e. The van der Waals surface area contributed by atoms with Crippen LogP contribution in [-0.2, 0) is 9.59 Å². The van der Waals surface area contributed by atoms with Gasteiger partial charge in [-0.15, -0.1) is 0 Å². The number of amides is 2. The standard InChI is InChI=1S/C23H20N4O3/c1-16(28)27-13-10-17-6-2-3-9-20(17)21(27)15-22(29)26-18-7-4-8-19(14-18)30-23-24-11-5-12-25-23/h2-14,21H,15H2,1H3,(H,26,29)/t21-/m0/s1. The van der Waals surface area contributed by atoms with Crippen LogP contribution in [0.25, 0.3) is 6.08 Å². The van der Waals surface area contributed by atoms with Crippen molar-refractivity contribution in [3.05, 3.63) is 84.3 Å². The van der Waals surface area contributed by atoms with Crippen molar-refractivity contribution in [2.45, 2.75) is 19.4 Å². The molecule has 0 saturated heterocycles. The quantitative estimate of drug-likeness (QED) is 0.695. The van der Waals surface area contributed by atoms with Gasteiger partial charge in [0.15, 0.2) is 0 Å². The van der Waals surface area contributed by atoms with Crippen molar-refractivity contribution < 1.29 is 14.3 Å². The molecule has 1 aliphatic heterocycles. The number of carbonyl (C=O) groups is 2. The Morgan fingerprint density at radius 2 is 1.87 bits per heavy atom. The largest absolute Gasteiger partial charge is 0.424 e. The Morgan fingerprint density at radius 1 is 1.07 bits per heavy atom. The fraction of sp³-hybridized carbons (Fsp3) is 0.130. The van der Waals surface area contributed by atoms with Crippen LogP contribution in [0.15, 0.2) is 73.2 Å². The lowest BCUT2D eigenvalue weighted by atomic mass is 9.93. The van der Waals surface area contributed by atoms with Gasteiger partial charge < -0.3 is 15.0 Å². The molecule has 0 spiro atoms. The number of aromatic nitrogens is 2. The molecular formula is C23H20N4O3. The summed E-state index contributed by atoms with van der Waals surface area (Å²) >= 11 is 0. The van der Waals surface area contributed by atoms with Gasteiger partial charge >= 0.3 is 6.01 Å². The normalized spacial score (nSPS) is 14.7. The van der Waals surface area contributed by atoms with Gasteiger partial charge in [0.1, 0.15) is 5.75 Å². The number of nitrogens with one attached hydrogen (secondary N) is 1. The van der Waals surface area contributed by atoms with Crippen LogP contribution in [0.1, 0.15) is 30.5 Å². The number of benzene rings is 2. The van der Waals surface area contributed by atoms with E-state index in [1.165, 1.54) is 6.92 Å². The summed E-state index contributed by atoms with van der Waals surface area (Å²) in [7, 11) is 0. The van der Waals surface area contributed by atoms with E-state index in [9.17, 15) is 9.59 Å². The molecule has 7 heteroatoms. The van der Waals surface area contributed by atoms with Crippen LogP contribution in [0.2, 0.25) is 0 Å². The lowest BCUT2D eigenvalue weighted by Crippen LogP contribution is -2.33. The van der Waals surface area contributed by atoms with Gasteiger partial charge in [-0.1, -0.05) is 30.3 Å². The third kappa shape index (κ3) is 4.35. The summed E-state index contributed by atoms with van der Waals surface area (Å²) in [5.74, 6) is 0.191. The molecule has 1 N–H and O–H groups in total. The Labute approximate surface area is 174 Å². The van der Waals surface area contributed by atoms with Crippen LogP contribution >= 0.6 is 0 Å². The zero-order valence-corrected chi connectivity index (χ0v) is 16.4. The second kappa shape index (κ2) is 8.57. The van der Waals surface area contributed by atoms with Crippen molar-refractivity contribution in [3.63, 3.8) is 0 Å². The molecule has 0 bridgehead atoms. The lowest BCUT2D eigenvalue weighted by Gasteiger charge is -2.32. The van der Waals surface area contributed by atoms with Gasteiger partial charge in [-0.2, -0.15) is 0 Å². The van der Waals surface area contributed by atoms with Gasteiger partial charge in [-0.25, -0.2) is 9.97 Å². The zero-order chi connectivity index (χ0) is 20.9. The molecule has 2 amide bonds. The number of carbonyl (C=O) groups excluding carboxylic acids is 2. The highest BCUT2D eigenvalue weighted by Crippen LogP contribution is 2.33. The van der Waals surface area contributed by atoms with Crippen LogP contribution in [-0.4, -0.2) is 26.7 Å². The molecule has 30 heavy (non-hydrogen) atoms. The number of hydrogen-bond acceptors (Lipinski definition) is 5. The average molecular weight is 400 g/mol. The molecule has 1 aromatic heterocycles. The first kappa shape index (κ1) is 19.3. The van der Waals surface area contributed by atoms with Crippen molar-refractivity contribution >= 4 is 23.6 Å². The Hall–Kier alpha value is -4.00. The lowest BCUT2D eigenvalue weighted by molar-refractivity contribution is -0.129. The number of hydrogen-bond donors (Lipinski definition) is 1. The molecule has 0 unspecified atom stereocenters. The van der Waals surface area contributed by atoms with Crippen molar-refractivity contribution in [1.82, 2.24) is 14.9 Å². The fourth-order valence-electron chi connectivity index (χ4n) is 3.38. The second-order valence-electron chi connectivity index (χ2n) is 6.80. The molecule has 7 nitrogen and oxygen atoms in total. The summed E-state index contributed by atoms with van der Waals surface area (Å²) in [5.41, 5.74) is 2.54. The van der Waals surface area contributed by atoms with E-state index in [1.807, 2.05) is 30.3 Å². The van der Waals surface area contributed by atoms with E-state index in [4.69, 9.17) is 4.74 Å². The van der Waals surface area contributed by atoms with Gasteiger partial charge in [0.25, 0.3) is 0 Å². The molecule has 1 atom stereocenters. The monoisotopic (exact) mass is 400 g/mol. The van der Waals surface area contributed by atoms with Crippen LogP contribution in [0.3, 0.4) is 0 Å². The van der Waals surface area contributed by atoms with Gasteiger partial charge in [0.2, 0.25) is 11.8 Å². The smallest absolute Gasteiger partial charge is 0.321 e. The van der Waals surface area contributed by atoms with Gasteiger partial charge in [-0.3, -0.25) is 9.59 Å². The molecular weight excluding hydrogens is 380 g/mol. The van der Waals surface area contributed by atoms with E-state index in [2.05, 4.69) is 15.3 Å². The van der Waals surface area contributed by atoms with E-state index in [0.717, 1.165) is 11.1 Å². The molecule has 0 fully saturated rings. The Bertz CT molecular complexity index is 1100. The van der Waals surface area contributed by atoms with E-state index in [1.54, 1.807) is 53.8 Å². The van der Waals surface area contributed by atoms with E-state index >= 15 is 0 Å². The first-order valence-electron chi connectivity index (χ1n) is 9.51. The van der Waals surface area contributed by atoms with Gasteiger partial charge in [-0.05, 0) is 35.4 Å². The number of ether oxygens (including phenoxy) is 1. The van der Waals surface area contributed by atoms with Crippen LogP contribution in [0, 0.1) is 0 Å². The first-order valence-corrected chi connectivity index (χ1v) is 9.51. The van der Waals surface area contributed by atoms with Crippen LogP contribution < -0.4 is 10.1 Å². The summed E-state index contributed by atoms with van der Waals surface area (Å²) in [4.78, 5) is 34.5. The highest BCUT2D eigenvalue weighted by Gasteiger charge is 2.28. The summed E-state index contributed by atoms with van der Waals surface area (Å²) in [6.07, 6.45) is 6.93. The topological polar surface area (TPSA) is 84.4 Å². The maximum absolute atomic E-state index is 12.8. The third-order valence-electron chi connectivity index (χ3n) is 4.72. The molecule has 2 heterocycles. The van der Waals surface area contributed by atoms with Gasteiger partial charge in [0.05, 0.1) is 12.5 Å². The first-order chi connectivity index (χ1) is 14.6. The predicted molar refractivity (Wildman–Crippen MR) is 113 cm³/mol. The molecule has 0 aliphatic carbocycles. The molecule has 0 radical (unpaired) electrons. The summed E-state index contributed by atoms with van der Waals surface area (Å²) in [5, 5.41) is 2.88. The molecule has 0 saturated carbocycles. The average Bonchev–Trinajstić information content (AvgIpc) is 2.74. The minimum Gasteiger partial charge on any atom is -0.424 e. The molecule has 3 aromatic rings. The third-order valence-corrected chi connectivity index (χ3v) is 4.72. The van der Waals surface area contributed by atoms with E-state index in [-0.39, 0.29) is 30.3 Å². The molecule has 4 rings (SSSR count). The molecule has 1 aliphatic rings. The van der Waals surface area contributed by atoms with E-state index in [0.29, 0.717) is 11.4 Å². The maximum atomic E-state index is 12.8. The highest BCUT2D eigenvalue weighted by molar-refractivity contribution is 5.92. The Balaban J connectivity index is 1.48. The van der Waals surface area contributed by atoms with Crippen LogP contribution in [0.5, 0.6) is 11.8 Å². The predicted octanol–water partition coefficient (Wildman–Crippen LogP) is 4.17. The number of rotatable bonds is 5. The van der Waals surface area contributed by atoms with Crippen molar-refractivity contribution in [3.8, 4) is 11.8 Å². The minimum absolute atomic E-state index is 0.114. The van der Waals surface area contributed by atoms with Crippen molar-refractivity contribution in [1.29, 1.82) is 0 Å². The Morgan fingerprint density at radius 3 is 2.67 bits per heavy atom. The van der Waals surface area contributed by atoms with Crippen LogP contribution in [0.4, 0.5) is 5.69 Å². The summed E-state index contributed by atoms with van der Waals surface area (Å²) < 4.78 is 5.61. The van der Waals surface area contributed by atoms with Gasteiger partial charge in [0, 0.05) is 37.3 Å². The fourth-order valence-corrected chi connectivity index (χ4v) is 3.38. The van der Waals surface area contributed by atoms with Crippen molar-refractivity contribution in [2.24, 2.45) is 0 Å². The summed E-state index contributed by atoms with van der Waals surface area (Å²) in [6.45, 7) is 1.50. The Kier molecular flexibility index (Phi) is 5.52. The van der Waals surface area contributed by atoms with E-state index < -0.39 is 0 Å². The SMILES string of the molecule is CC(=O)N1C=Cc2ccccc2[C@@H]1CC(=O)Nc1cccc(Oc2ncccn2)c1. The van der Waals surface area contributed by atoms with Crippen molar-refractivity contribution in [2.75, 3.05) is 5.32 Å². The number of fused-ring (bicyclic) bond motifs is 1. The second-order valence-corrected chi connectivity index (χ2v) is 6.80. The highest BCUT2D eigenvalue weighted by atomic mass is 16.5. The number of nitrogens with zero attached hydrogens (tertiary/aromatic N) is 3. The summed E-state index contributed by atoms with van der Waals surface area (Å²) in [6, 6.07) is 16.3.